The lowest BCUT2D eigenvalue weighted by Gasteiger charge is -2.14. The number of carbonyl (C=O) groups is 2. The van der Waals surface area contributed by atoms with Crippen LogP contribution < -0.4 is 25.0 Å². The van der Waals surface area contributed by atoms with Gasteiger partial charge in [0.15, 0.2) is 11.5 Å². The molecule has 0 aromatic heterocycles. The molecule has 3 N–H and O–H groups in total. The fraction of sp³-hybridized carbons (Fsp3) is 0.211. The summed E-state index contributed by atoms with van der Waals surface area (Å²) in [4.78, 5) is 24.3. The van der Waals surface area contributed by atoms with Gasteiger partial charge in [-0.3, -0.25) is 9.59 Å². The molecule has 160 valence electrons. The van der Waals surface area contributed by atoms with Crippen LogP contribution in [0.2, 0.25) is 0 Å². The largest absolute Gasteiger partial charge is 0.506 e. The third-order valence-electron chi connectivity index (χ3n) is 3.79. The summed E-state index contributed by atoms with van der Waals surface area (Å²) >= 11 is 6.51. The lowest BCUT2D eigenvalue weighted by atomic mass is 10.1. The first kappa shape index (κ1) is 23.5. The Hall–Kier alpha value is -2.79. The smallest absolute Gasteiger partial charge is 0.259 e. The molecule has 0 bridgehead atoms. The molecule has 2 rings (SSSR count). The predicted octanol–water partition coefficient (Wildman–Crippen LogP) is 2.82. The molecule has 2 aromatic carbocycles. The van der Waals surface area contributed by atoms with Crippen LogP contribution in [0.25, 0.3) is 0 Å². The summed E-state index contributed by atoms with van der Waals surface area (Å²) in [6.45, 7) is -0.318. The molecule has 11 heteroatoms. The summed E-state index contributed by atoms with van der Waals surface area (Å²) in [7, 11) is 4.33. The minimum Gasteiger partial charge on any atom is -0.506 e. The highest BCUT2D eigenvalue weighted by molar-refractivity contribution is 9.11. The van der Waals surface area contributed by atoms with Crippen molar-refractivity contribution in [3.63, 3.8) is 0 Å². The van der Waals surface area contributed by atoms with Crippen molar-refractivity contribution in [2.45, 2.75) is 0 Å². The van der Waals surface area contributed by atoms with E-state index in [1.54, 1.807) is 12.1 Å². The summed E-state index contributed by atoms with van der Waals surface area (Å²) in [6.07, 6.45) is 1.28. The number of rotatable bonds is 8. The number of ether oxygens (including phenoxy) is 3. The van der Waals surface area contributed by atoms with E-state index in [1.807, 2.05) is 0 Å². The number of hydrogen-bond acceptors (Lipinski definition) is 7. The number of phenols is 1. The van der Waals surface area contributed by atoms with E-state index < -0.39 is 11.8 Å². The van der Waals surface area contributed by atoms with E-state index in [2.05, 4.69) is 47.7 Å². The molecule has 0 saturated carbocycles. The molecule has 0 aliphatic heterocycles. The molecule has 0 unspecified atom stereocenters. The Morgan fingerprint density at radius 2 is 1.70 bits per heavy atom. The standard InChI is InChI=1S/C19H19Br2N3O6/c1-28-14-5-10(6-15(29-2)18(14)30-3)19(27)22-9-16(25)24-23-8-11-4-12(20)7-13(21)17(11)26/h4-8,26H,9H2,1-3H3,(H,22,27)(H,24,25). The van der Waals surface area contributed by atoms with Crippen LogP contribution >= 0.6 is 31.9 Å². The number of benzene rings is 2. The minimum absolute atomic E-state index is 0.0214. The average molecular weight is 545 g/mol. The van der Waals surface area contributed by atoms with Gasteiger partial charge in [0.1, 0.15) is 5.75 Å². The van der Waals surface area contributed by atoms with Crippen LogP contribution in [-0.2, 0) is 4.79 Å². The normalized spacial score (nSPS) is 10.6. The van der Waals surface area contributed by atoms with Crippen molar-refractivity contribution in [2.75, 3.05) is 27.9 Å². The van der Waals surface area contributed by atoms with Gasteiger partial charge in [0.25, 0.3) is 11.8 Å². The fourth-order valence-electron chi connectivity index (χ4n) is 2.37. The zero-order valence-electron chi connectivity index (χ0n) is 16.3. The van der Waals surface area contributed by atoms with Crippen LogP contribution in [0.3, 0.4) is 0 Å². The number of methoxy groups -OCH3 is 3. The quantitative estimate of drug-likeness (QED) is 0.347. The Balaban J connectivity index is 1.99. The molecular formula is C19H19Br2N3O6. The second-order valence-electron chi connectivity index (χ2n) is 5.72. The molecule has 0 atom stereocenters. The topological polar surface area (TPSA) is 118 Å². The van der Waals surface area contributed by atoms with Crippen LogP contribution in [0.4, 0.5) is 0 Å². The number of halogens is 2. The predicted molar refractivity (Wildman–Crippen MR) is 118 cm³/mol. The lowest BCUT2D eigenvalue weighted by Crippen LogP contribution is -2.34. The number of phenolic OH excluding ortho intramolecular Hbond substituents is 1. The molecule has 0 heterocycles. The SMILES string of the molecule is COc1cc(C(=O)NCC(=O)NN=Cc2cc(Br)cc(Br)c2O)cc(OC)c1OC. The Labute approximate surface area is 189 Å². The number of hydrogen-bond donors (Lipinski definition) is 3. The van der Waals surface area contributed by atoms with Gasteiger partial charge in [-0.1, -0.05) is 15.9 Å². The number of nitrogens with one attached hydrogen (secondary N) is 2. The van der Waals surface area contributed by atoms with Gasteiger partial charge in [-0.05, 0) is 40.2 Å². The van der Waals surface area contributed by atoms with Crippen molar-refractivity contribution in [3.05, 3.63) is 44.3 Å². The van der Waals surface area contributed by atoms with Gasteiger partial charge >= 0.3 is 0 Å². The second kappa shape index (κ2) is 10.8. The molecule has 2 amide bonds. The van der Waals surface area contributed by atoms with Gasteiger partial charge < -0.3 is 24.6 Å². The average Bonchev–Trinajstić information content (AvgIpc) is 2.73. The van der Waals surface area contributed by atoms with E-state index in [-0.39, 0.29) is 17.9 Å². The molecule has 0 aliphatic carbocycles. The molecule has 0 spiro atoms. The van der Waals surface area contributed by atoms with Crippen molar-refractivity contribution in [3.8, 4) is 23.0 Å². The zero-order chi connectivity index (χ0) is 22.3. The Morgan fingerprint density at radius 3 is 2.27 bits per heavy atom. The van der Waals surface area contributed by atoms with Gasteiger partial charge in [0.05, 0.1) is 38.6 Å². The van der Waals surface area contributed by atoms with Crippen LogP contribution in [-0.4, -0.2) is 51.0 Å². The molecule has 0 aliphatic rings. The van der Waals surface area contributed by atoms with Crippen molar-refractivity contribution in [1.82, 2.24) is 10.7 Å². The maximum absolute atomic E-state index is 12.4. The van der Waals surface area contributed by atoms with Crippen molar-refractivity contribution in [1.29, 1.82) is 0 Å². The number of aromatic hydroxyl groups is 1. The van der Waals surface area contributed by atoms with Crippen molar-refractivity contribution >= 4 is 49.9 Å². The van der Waals surface area contributed by atoms with Crippen molar-refractivity contribution < 1.29 is 28.9 Å². The van der Waals surface area contributed by atoms with Gasteiger partial charge in [0, 0.05) is 15.6 Å². The first-order chi connectivity index (χ1) is 14.3. The molecular weight excluding hydrogens is 526 g/mol. The third kappa shape index (κ3) is 5.86. The summed E-state index contributed by atoms with van der Waals surface area (Å²) < 4.78 is 16.8. The summed E-state index contributed by atoms with van der Waals surface area (Å²) in [6, 6.07) is 6.24. The Bertz CT molecular complexity index is 956. The third-order valence-corrected chi connectivity index (χ3v) is 4.85. The van der Waals surface area contributed by atoms with Crippen LogP contribution in [0.1, 0.15) is 15.9 Å². The van der Waals surface area contributed by atoms with Gasteiger partial charge in [-0.2, -0.15) is 5.10 Å². The van der Waals surface area contributed by atoms with E-state index in [4.69, 9.17) is 14.2 Å². The van der Waals surface area contributed by atoms with E-state index in [0.717, 1.165) is 4.47 Å². The number of nitrogens with zero attached hydrogens (tertiary/aromatic N) is 1. The van der Waals surface area contributed by atoms with Crippen molar-refractivity contribution in [2.24, 2.45) is 5.10 Å². The Kier molecular flexibility index (Phi) is 8.48. The molecule has 9 nitrogen and oxygen atoms in total. The number of amides is 2. The van der Waals surface area contributed by atoms with E-state index in [1.165, 1.54) is 39.7 Å². The highest BCUT2D eigenvalue weighted by atomic mass is 79.9. The first-order valence-corrected chi connectivity index (χ1v) is 9.97. The van der Waals surface area contributed by atoms with E-state index >= 15 is 0 Å². The molecule has 0 saturated heterocycles. The second-order valence-corrected chi connectivity index (χ2v) is 7.49. The van der Waals surface area contributed by atoms with Crippen LogP contribution in [0.5, 0.6) is 23.0 Å². The summed E-state index contributed by atoms with van der Waals surface area (Å²) in [5.41, 5.74) is 2.89. The monoisotopic (exact) mass is 543 g/mol. The van der Waals surface area contributed by atoms with Crippen LogP contribution in [0.15, 0.2) is 38.3 Å². The van der Waals surface area contributed by atoms with Gasteiger partial charge in [0.2, 0.25) is 5.75 Å². The van der Waals surface area contributed by atoms with Gasteiger partial charge in [-0.25, -0.2) is 5.43 Å². The zero-order valence-corrected chi connectivity index (χ0v) is 19.5. The first-order valence-electron chi connectivity index (χ1n) is 8.38. The van der Waals surface area contributed by atoms with E-state index in [9.17, 15) is 14.7 Å². The molecule has 30 heavy (non-hydrogen) atoms. The molecule has 0 radical (unpaired) electrons. The molecule has 0 fully saturated rings. The maximum Gasteiger partial charge on any atom is 0.259 e. The van der Waals surface area contributed by atoms with Crippen LogP contribution in [0, 0.1) is 0 Å². The number of carbonyl (C=O) groups excluding carboxylic acids is 2. The summed E-state index contributed by atoms with van der Waals surface area (Å²) in [5, 5.41) is 16.2. The highest BCUT2D eigenvalue weighted by Gasteiger charge is 2.17. The fourth-order valence-corrected chi connectivity index (χ4v) is 3.63. The maximum atomic E-state index is 12.4. The molecule has 2 aromatic rings. The van der Waals surface area contributed by atoms with E-state index in [0.29, 0.717) is 27.3 Å². The highest BCUT2D eigenvalue weighted by Crippen LogP contribution is 2.38. The number of hydrazone groups is 1. The summed E-state index contributed by atoms with van der Waals surface area (Å²) in [5.74, 6) is -0.104. The van der Waals surface area contributed by atoms with Gasteiger partial charge in [-0.15, -0.1) is 0 Å². The minimum atomic E-state index is -0.555. The Morgan fingerprint density at radius 1 is 1.07 bits per heavy atom. The lowest BCUT2D eigenvalue weighted by molar-refractivity contribution is -0.120.